The number of carbonyl (C=O) groups excluding carboxylic acids is 1. The maximum Gasteiger partial charge on any atom is 0.278 e. The lowest BCUT2D eigenvalue weighted by molar-refractivity contribution is -0.0756. The molecule has 0 saturated heterocycles. The monoisotopic (exact) mass is 293 g/mol. The van der Waals surface area contributed by atoms with E-state index in [0.717, 1.165) is 15.2 Å². The minimum absolute atomic E-state index is 0.170. The van der Waals surface area contributed by atoms with Gasteiger partial charge in [0.1, 0.15) is 0 Å². The van der Waals surface area contributed by atoms with Crippen molar-refractivity contribution >= 4 is 32.6 Å². The quantitative estimate of drug-likeness (QED) is 0.796. The number of rotatable bonds is 2. The molecular weight excluding hydrogens is 282 g/mol. The van der Waals surface area contributed by atoms with E-state index >= 15 is 0 Å². The summed E-state index contributed by atoms with van der Waals surface area (Å²) in [6.45, 7) is 0. The molecule has 0 atom stereocenters. The standard InChI is InChI=1S/C13H12BrNO2/c1-15(17-2)13(16)12-10-6-4-3-5-9(10)7-8-11(12)14/h3-8H,1-2H3. The fourth-order valence-corrected chi connectivity index (χ4v) is 2.22. The second kappa shape index (κ2) is 4.85. The number of halogens is 1. The maximum absolute atomic E-state index is 12.2. The molecule has 3 nitrogen and oxygen atoms in total. The van der Waals surface area contributed by atoms with Gasteiger partial charge in [-0.1, -0.05) is 30.3 Å². The number of amides is 1. The smallest absolute Gasteiger partial charge is 0.274 e. The topological polar surface area (TPSA) is 29.5 Å². The second-order valence-electron chi connectivity index (χ2n) is 3.63. The fraction of sp³-hybridized carbons (Fsp3) is 0.154. The van der Waals surface area contributed by atoms with Crippen LogP contribution in [0.15, 0.2) is 40.9 Å². The van der Waals surface area contributed by atoms with E-state index in [0.29, 0.717) is 5.56 Å². The number of benzene rings is 2. The Labute approximate surface area is 108 Å². The van der Waals surface area contributed by atoms with Crippen molar-refractivity contribution in [3.05, 3.63) is 46.4 Å². The van der Waals surface area contributed by atoms with Gasteiger partial charge in [0.25, 0.3) is 5.91 Å². The van der Waals surface area contributed by atoms with Crippen LogP contribution in [0, 0.1) is 0 Å². The van der Waals surface area contributed by atoms with Crippen LogP contribution in [0.2, 0.25) is 0 Å². The lowest BCUT2D eigenvalue weighted by Gasteiger charge is -2.16. The van der Waals surface area contributed by atoms with Gasteiger partial charge in [0.15, 0.2) is 0 Å². The molecule has 0 heterocycles. The van der Waals surface area contributed by atoms with Crippen LogP contribution in [0.1, 0.15) is 10.4 Å². The third-order valence-electron chi connectivity index (χ3n) is 2.65. The van der Waals surface area contributed by atoms with Gasteiger partial charge in [0.2, 0.25) is 0 Å². The molecule has 4 heteroatoms. The first kappa shape index (κ1) is 12.1. The first-order chi connectivity index (χ1) is 8.15. The highest BCUT2D eigenvalue weighted by molar-refractivity contribution is 9.10. The molecule has 0 aliphatic carbocycles. The minimum atomic E-state index is -0.170. The van der Waals surface area contributed by atoms with Crippen LogP contribution in [0.25, 0.3) is 10.8 Å². The maximum atomic E-state index is 12.2. The van der Waals surface area contributed by atoms with E-state index in [1.54, 1.807) is 7.05 Å². The molecule has 0 spiro atoms. The van der Waals surface area contributed by atoms with Gasteiger partial charge in [0, 0.05) is 11.5 Å². The molecule has 1 amide bonds. The summed E-state index contributed by atoms with van der Waals surface area (Å²) in [5.74, 6) is -0.170. The summed E-state index contributed by atoms with van der Waals surface area (Å²) in [5.41, 5.74) is 0.618. The van der Waals surface area contributed by atoms with Crippen LogP contribution in [0.3, 0.4) is 0 Å². The highest BCUT2D eigenvalue weighted by Gasteiger charge is 2.17. The number of hydrogen-bond donors (Lipinski definition) is 0. The van der Waals surface area contributed by atoms with E-state index in [-0.39, 0.29) is 5.91 Å². The first-order valence-electron chi connectivity index (χ1n) is 5.14. The van der Waals surface area contributed by atoms with Crippen LogP contribution in [-0.4, -0.2) is 25.1 Å². The molecule has 0 aromatic heterocycles. The Bertz CT molecular complexity index is 568. The molecule has 2 aromatic carbocycles. The fourth-order valence-electron chi connectivity index (χ4n) is 1.70. The predicted molar refractivity (Wildman–Crippen MR) is 70.8 cm³/mol. The average molecular weight is 294 g/mol. The van der Waals surface area contributed by atoms with Gasteiger partial charge in [0.05, 0.1) is 12.7 Å². The molecule has 2 aromatic rings. The molecule has 0 aliphatic rings. The van der Waals surface area contributed by atoms with Crippen LogP contribution >= 0.6 is 15.9 Å². The van der Waals surface area contributed by atoms with Crippen LogP contribution < -0.4 is 0 Å². The van der Waals surface area contributed by atoms with Crippen molar-refractivity contribution in [1.82, 2.24) is 5.06 Å². The van der Waals surface area contributed by atoms with Crippen molar-refractivity contribution in [1.29, 1.82) is 0 Å². The van der Waals surface area contributed by atoms with E-state index in [2.05, 4.69) is 15.9 Å². The van der Waals surface area contributed by atoms with Crippen molar-refractivity contribution in [2.45, 2.75) is 0 Å². The normalized spacial score (nSPS) is 10.5. The van der Waals surface area contributed by atoms with Gasteiger partial charge in [-0.3, -0.25) is 9.63 Å². The third kappa shape index (κ3) is 2.18. The molecule has 0 aliphatic heterocycles. The summed E-state index contributed by atoms with van der Waals surface area (Å²) in [7, 11) is 3.06. The SMILES string of the molecule is CON(C)C(=O)c1c(Br)ccc2ccccc12. The third-order valence-corrected chi connectivity index (χ3v) is 3.31. The second-order valence-corrected chi connectivity index (χ2v) is 4.48. The largest absolute Gasteiger partial charge is 0.278 e. The molecule has 88 valence electrons. The van der Waals surface area contributed by atoms with Gasteiger partial charge < -0.3 is 0 Å². The number of carbonyl (C=O) groups is 1. The highest BCUT2D eigenvalue weighted by Crippen LogP contribution is 2.27. The van der Waals surface area contributed by atoms with Gasteiger partial charge in [-0.25, -0.2) is 5.06 Å². The van der Waals surface area contributed by atoms with E-state index in [1.807, 2.05) is 36.4 Å². The molecule has 0 radical (unpaired) electrons. The first-order valence-corrected chi connectivity index (χ1v) is 5.94. The highest BCUT2D eigenvalue weighted by atomic mass is 79.9. The Morgan fingerprint density at radius 3 is 2.65 bits per heavy atom. The summed E-state index contributed by atoms with van der Waals surface area (Å²) >= 11 is 3.41. The van der Waals surface area contributed by atoms with Crippen molar-refractivity contribution in [2.75, 3.05) is 14.2 Å². The Hall–Kier alpha value is -1.39. The van der Waals surface area contributed by atoms with Crippen LogP contribution in [0.4, 0.5) is 0 Å². The molecule has 0 fully saturated rings. The summed E-state index contributed by atoms with van der Waals surface area (Å²) in [6, 6.07) is 11.6. The van der Waals surface area contributed by atoms with Gasteiger partial charge >= 0.3 is 0 Å². The zero-order valence-electron chi connectivity index (χ0n) is 9.61. The predicted octanol–water partition coefficient (Wildman–Crippen LogP) is 3.24. The molecule has 17 heavy (non-hydrogen) atoms. The van der Waals surface area contributed by atoms with Crippen molar-refractivity contribution in [3.63, 3.8) is 0 Å². The van der Waals surface area contributed by atoms with E-state index in [9.17, 15) is 4.79 Å². The van der Waals surface area contributed by atoms with E-state index in [1.165, 1.54) is 12.2 Å². The lowest BCUT2D eigenvalue weighted by atomic mass is 10.0. The summed E-state index contributed by atoms with van der Waals surface area (Å²) in [6.07, 6.45) is 0. The Morgan fingerprint density at radius 1 is 1.24 bits per heavy atom. The minimum Gasteiger partial charge on any atom is -0.274 e. The van der Waals surface area contributed by atoms with Gasteiger partial charge in [-0.05, 0) is 32.8 Å². The lowest BCUT2D eigenvalue weighted by Crippen LogP contribution is -2.25. The summed E-state index contributed by atoms with van der Waals surface area (Å²) in [4.78, 5) is 17.1. The van der Waals surface area contributed by atoms with Crippen LogP contribution in [-0.2, 0) is 4.84 Å². The van der Waals surface area contributed by atoms with Crippen molar-refractivity contribution in [2.24, 2.45) is 0 Å². The average Bonchev–Trinajstić information content (AvgIpc) is 2.37. The van der Waals surface area contributed by atoms with E-state index in [4.69, 9.17) is 4.84 Å². The number of fused-ring (bicyclic) bond motifs is 1. The zero-order valence-corrected chi connectivity index (χ0v) is 11.2. The van der Waals surface area contributed by atoms with Crippen molar-refractivity contribution in [3.8, 4) is 0 Å². The zero-order chi connectivity index (χ0) is 12.4. The number of hydroxylamine groups is 2. The Kier molecular flexibility index (Phi) is 3.45. The molecule has 0 saturated carbocycles. The van der Waals surface area contributed by atoms with Gasteiger partial charge in [-0.2, -0.15) is 0 Å². The Balaban J connectivity index is 2.66. The summed E-state index contributed by atoms with van der Waals surface area (Å²) in [5, 5.41) is 3.16. The number of hydrogen-bond acceptors (Lipinski definition) is 2. The van der Waals surface area contributed by atoms with E-state index < -0.39 is 0 Å². The van der Waals surface area contributed by atoms with Crippen LogP contribution in [0.5, 0.6) is 0 Å². The van der Waals surface area contributed by atoms with Crippen molar-refractivity contribution < 1.29 is 9.63 Å². The molecule has 0 unspecified atom stereocenters. The summed E-state index contributed by atoms with van der Waals surface area (Å²) < 4.78 is 0.769. The Morgan fingerprint density at radius 2 is 1.94 bits per heavy atom. The number of nitrogens with zero attached hydrogens (tertiary/aromatic N) is 1. The molecular formula is C13H12BrNO2. The molecule has 0 bridgehead atoms. The molecule has 2 rings (SSSR count). The molecule has 0 N–H and O–H groups in total. The van der Waals surface area contributed by atoms with Gasteiger partial charge in [-0.15, -0.1) is 0 Å².